The second-order valence-corrected chi connectivity index (χ2v) is 6.55. The molecule has 0 saturated heterocycles. The summed E-state index contributed by atoms with van der Waals surface area (Å²) in [6.45, 7) is 16.0. The van der Waals surface area contributed by atoms with Gasteiger partial charge in [-0.05, 0) is 48.9 Å². The molecule has 4 unspecified atom stereocenters. The number of hydrogen-bond donors (Lipinski definition) is 0. The normalized spacial score (nSPS) is 29.0. The average molecular weight is 255 g/mol. The van der Waals surface area contributed by atoms with Gasteiger partial charge in [0, 0.05) is 0 Å². The van der Waals surface area contributed by atoms with E-state index in [1.807, 2.05) is 13.8 Å². The zero-order valence-corrected chi connectivity index (χ0v) is 14.1. The highest BCUT2D eigenvalue weighted by atomic mass is 14.4. The summed E-state index contributed by atoms with van der Waals surface area (Å²) in [5.41, 5.74) is 0. The van der Waals surface area contributed by atoms with Crippen LogP contribution in [0.25, 0.3) is 0 Å². The van der Waals surface area contributed by atoms with Gasteiger partial charge in [-0.1, -0.05) is 67.7 Å². The van der Waals surface area contributed by atoms with Gasteiger partial charge in [0.05, 0.1) is 0 Å². The summed E-state index contributed by atoms with van der Waals surface area (Å²) in [6, 6.07) is 0. The molecule has 0 aromatic heterocycles. The molecule has 1 rings (SSSR count). The molecule has 110 valence electrons. The predicted octanol–water partition coefficient (Wildman–Crippen LogP) is 6.55. The third kappa shape index (κ3) is 5.76. The molecule has 0 bridgehead atoms. The Kier molecular flexibility index (Phi) is 9.87. The van der Waals surface area contributed by atoms with Crippen LogP contribution in [0.5, 0.6) is 0 Å². The molecule has 4 atom stereocenters. The van der Waals surface area contributed by atoms with E-state index in [-0.39, 0.29) is 0 Å². The van der Waals surface area contributed by atoms with E-state index < -0.39 is 0 Å². The van der Waals surface area contributed by atoms with Gasteiger partial charge < -0.3 is 0 Å². The Labute approximate surface area is 117 Å². The Balaban J connectivity index is 0.00000137. The number of rotatable bonds is 6. The lowest BCUT2D eigenvalue weighted by Gasteiger charge is -2.28. The van der Waals surface area contributed by atoms with Crippen molar-refractivity contribution in [3.63, 3.8) is 0 Å². The summed E-state index contributed by atoms with van der Waals surface area (Å²) in [5, 5.41) is 0. The van der Waals surface area contributed by atoms with E-state index in [1.54, 1.807) is 0 Å². The molecule has 0 aromatic carbocycles. The first-order valence-corrected chi connectivity index (χ1v) is 8.58. The Morgan fingerprint density at radius 2 is 1.61 bits per heavy atom. The minimum absolute atomic E-state index is 0.882. The van der Waals surface area contributed by atoms with Gasteiger partial charge in [-0.3, -0.25) is 0 Å². The lowest BCUT2D eigenvalue weighted by molar-refractivity contribution is 0.224. The molecule has 0 amide bonds. The Bertz CT molecular complexity index is 182. The molecular weight excluding hydrogens is 216 g/mol. The Morgan fingerprint density at radius 1 is 1.00 bits per heavy atom. The molecule has 0 aliphatic heterocycles. The molecule has 0 aromatic rings. The van der Waals surface area contributed by atoms with Gasteiger partial charge >= 0.3 is 0 Å². The van der Waals surface area contributed by atoms with Crippen LogP contribution >= 0.6 is 0 Å². The first-order valence-electron chi connectivity index (χ1n) is 8.58. The van der Waals surface area contributed by atoms with Crippen LogP contribution in [0.3, 0.4) is 0 Å². The third-order valence-electron chi connectivity index (χ3n) is 4.75. The van der Waals surface area contributed by atoms with Gasteiger partial charge in [0.2, 0.25) is 0 Å². The summed E-state index contributed by atoms with van der Waals surface area (Å²) in [4.78, 5) is 0. The highest BCUT2D eigenvalue weighted by Gasteiger charge is 2.34. The fraction of sp³-hybridized carbons (Fsp3) is 1.00. The van der Waals surface area contributed by atoms with Crippen molar-refractivity contribution in [1.82, 2.24) is 0 Å². The van der Waals surface area contributed by atoms with Crippen LogP contribution < -0.4 is 0 Å². The molecule has 1 fully saturated rings. The standard InChI is InChI=1S/C16H32.C2H6/c1-6-14(9-8-12(3)4)16-11-13(5)10-15(16)7-2;1-2/h12-16H,6-11H2,1-5H3;1-2H3. The highest BCUT2D eigenvalue weighted by Crippen LogP contribution is 2.44. The summed E-state index contributed by atoms with van der Waals surface area (Å²) in [7, 11) is 0. The van der Waals surface area contributed by atoms with Gasteiger partial charge in [0.25, 0.3) is 0 Å². The van der Waals surface area contributed by atoms with E-state index in [0.29, 0.717) is 0 Å². The summed E-state index contributed by atoms with van der Waals surface area (Å²) >= 11 is 0. The summed E-state index contributed by atoms with van der Waals surface area (Å²) < 4.78 is 0. The molecule has 0 spiro atoms. The second kappa shape index (κ2) is 9.87. The fourth-order valence-corrected chi connectivity index (χ4v) is 3.76. The molecule has 0 radical (unpaired) electrons. The molecule has 1 saturated carbocycles. The van der Waals surface area contributed by atoms with Crippen molar-refractivity contribution in [3.8, 4) is 0 Å². The van der Waals surface area contributed by atoms with Crippen molar-refractivity contribution >= 4 is 0 Å². The molecule has 0 nitrogen and oxygen atoms in total. The lowest BCUT2D eigenvalue weighted by Crippen LogP contribution is -2.18. The maximum absolute atomic E-state index is 2.46. The molecule has 0 heteroatoms. The monoisotopic (exact) mass is 254 g/mol. The van der Waals surface area contributed by atoms with E-state index in [0.717, 1.165) is 29.6 Å². The zero-order chi connectivity index (χ0) is 14.1. The summed E-state index contributed by atoms with van der Waals surface area (Å²) in [6.07, 6.45) is 8.73. The smallest absolute Gasteiger partial charge is 0.0355 e. The molecule has 0 heterocycles. The van der Waals surface area contributed by atoms with E-state index in [9.17, 15) is 0 Å². The van der Waals surface area contributed by atoms with Crippen LogP contribution in [0, 0.1) is 29.6 Å². The SMILES string of the molecule is CC.CCC(CCC(C)C)C1CC(C)CC1CC. The Hall–Kier alpha value is 0. The van der Waals surface area contributed by atoms with Crippen LogP contribution in [-0.2, 0) is 0 Å². The average Bonchev–Trinajstić information content (AvgIpc) is 2.73. The van der Waals surface area contributed by atoms with Gasteiger partial charge in [-0.25, -0.2) is 0 Å². The minimum atomic E-state index is 0.882. The molecular formula is C18H38. The molecule has 1 aliphatic rings. The minimum Gasteiger partial charge on any atom is -0.0683 e. The lowest BCUT2D eigenvalue weighted by atomic mass is 9.78. The van der Waals surface area contributed by atoms with Gasteiger partial charge in [-0.2, -0.15) is 0 Å². The number of hydrogen-bond acceptors (Lipinski definition) is 0. The van der Waals surface area contributed by atoms with Gasteiger partial charge in [0.15, 0.2) is 0 Å². The highest BCUT2D eigenvalue weighted by molar-refractivity contribution is 4.85. The maximum atomic E-state index is 2.46. The van der Waals surface area contributed by atoms with Crippen LogP contribution in [0.1, 0.15) is 87.0 Å². The second-order valence-electron chi connectivity index (χ2n) is 6.55. The first-order chi connectivity index (χ1) is 8.58. The fourth-order valence-electron chi connectivity index (χ4n) is 3.76. The largest absolute Gasteiger partial charge is 0.0683 e. The predicted molar refractivity (Wildman–Crippen MR) is 84.9 cm³/mol. The van der Waals surface area contributed by atoms with Crippen molar-refractivity contribution in [2.45, 2.75) is 87.0 Å². The van der Waals surface area contributed by atoms with Crippen molar-refractivity contribution in [2.75, 3.05) is 0 Å². The first kappa shape index (κ1) is 18.0. The molecule has 1 aliphatic carbocycles. The van der Waals surface area contributed by atoms with Crippen LogP contribution in [0.4, 0.5) is 0 Å². The van der Waals surface area contributed by atoms with E-state index >= 15 is 0 Å². The van der Waals surface area contributed by atoms with Crippen molar-refractivity contribution in [1.29, 1.82) is 0 Å². The van der Waals surface area contributed by atoms with E-state index in [2.05, 4.69) is 34.6 Å². The molecule has 18 heavy (non-hydrogen) atoms. The van der Waals surface area contributed by atoms with Gasteiger partial charge in [-0.15, -0.1) is 0 Å². The summed E-state index contributed by atoms with van der Waals surface area (Å²) in [5.74, 6) is 4.96. The van der Waals surface area contributed by atoms with Gasteiger partial charge in [0.1, 0.15) is 0 Å². The Morgan fingerprint density at radius 3 is 2.06 bits per heavy atom. The van der Waals surface area contributed by atoms with Crippen LogP contribution in [0.15, 0.2) is 0 Å². The third-order valence-corrected chi connectivity index (χ3v) is 4.75. The van der Waals surface area contributed by atoms with Crippen molar-refractivity contribution in [3.05, 3.63) is 0 Å². The van der Waals surface area contributed by atoms with Crippen LogP contribution in [-0.4, -0.2) is 0 Å². The van der Waals surface area contributed by atoms with E-state index in [1.165, 1.54) is 38.5 Å². The zero-order valence-electron chi connectivity index (χ0n) is 14.1. The molecule has 0 N–H and O–H groups in total. The van der Waals surface area contributed by atoms with Crippen molar-refractivity contribution in [2.24, 2.45) is 29.6 Å². The van der Waals surface area contributed by atoms with E-state index in [4.69, 9.17) is 0 Å². The van der Waals surface area contributed by atoms with Crippen molar-refractivity contribution < 1.29 is 0 Å². The quantitative estimate of drug-likeness (QED) is 0.504. The van der Waals surface area contributed by atoms with Crippen LogP contribution in [0.2, 0.25) is 0 Å². The maximum Gasteiger partial charge on any atom is -0.0355 e. The topological polar surface area (TPSA) is 0 Å².